The zero-order valence-electron chi connectivity index (χ0n) is 30.0. The maximum atomic E-state index is 14.7. The van der Waals surface area contributed by atoms with Crippen LogP contribution in [-0.4, -0.2) is 70.2 Å². The number of Topliss-reactive ketones (excluding diaryl/α,β-unsaturated/α-hetero) is 2. The summed E-state index contributed by atoms with van der Waals surface area (Å²) in [6.45, 7) is 7.71. The molecule has 1 saturated heterocycles. The van der Waals surface area contributed by atoms with Crippen LogP contribution in [0.4, 0.5) is 0 Å². The van der Waals surface area contributed by atoms with Crippen molar-refractivity contribution >= 4 is 46.6 Å². The van der Waals surface area contributed by atoms with E-state index >= 15 is 0 Å². The number of likely N-dealkylation sites (tertiary alicyclic amines) is 1. The number of nitrogens with one attached hydrogen (secondary N) is 2. The quantitative estimate of drug-likeness (QED) is 0.250. The van der Waals surface area contributed by atoms with Crippen LogP contribution in [0.15, 0.2) is 29.4 Å². The van der Waals surface area contributed by atoms with Gasteiger partial charge in [0.15, 0.2) is 5.60 Å². The number of hydrogen-bond donors (Lipinski definition) is 2. The molecule has 3 amide bonds. The molecule has 0 unspecified atom stereocenters. The van der Waals surface area contributed by atoms with E-state index in [1.54, 1.807) is 12.1 Å². The molecule has 272 valence electrons. The van der Waals surface area contributed by atoms with Gasteiger partial charge in [0.1, 0.15) is 12.1 Å². The van der Waals surface area contributed by atoms with Crippen molar-refractivity contribution in [2.75, 3.05) is 6.54 Å². The standard InChI is InChI=1S/C39H53ClN4O6/c1-5-10-29(33(46)32(45)17-23-15-16-23)41-36(48)31-21-39(20-30(43-50-39)25-13-9-14-26(40)18-25)22-44(31)37(49)34(38(2,3)4)42-35(47)28-19-27(28)24-11-7-6-8-12-24/h9,13-14,18,23-24,27-29,31,34H,5-8,10-12,15-17,19-22H2,1-4H3,(H,41,48)(H,42,47)/t27-,28+,29-,31-,34+,39+/m0/s1. The third-order valence-electron chi connectivity index (χ3n) is 11.5. The Hall–Kier alpha value is -3.27. The van der Waals surface area contributed by atoms with Crippen molar-refractivity contribution < 1.29 is 28.8 Å². The molecule has 2 heterocycles. The second kappa shape index (κ2) is 14.8. The molecular formula is C39H53ClN4O6. The molecule has 0 radical (unpaired) electrons. The first-order valence-corrected chi connectivity index (χ1v) is 19.2. The number of benzene rings is 1. The highest BCUT2D eigenvalue weighted by Gasteiger charge is 2.56. The topological polar surface area (TPSA) is 134 Å². The Kier molecular flexibility index (Phi) is 10.8. The molecular weight excluding hydrogens is 656 g/mol. The Morgan fingerprint density at radius 1 is 1.04 bits per heavy atom. The lowest BCUT2D eigenvalue weighted by molar-refractivity contribution is -0.145. The van der Waals surface area contributed by atoms with E-state index < -0.39 is 46.6 Å². The lowest BCUT2D eigenvalue weighted by Crippen LogP contribution is -2.59. The number of amides is 3. The van der Waals surface area contributed by atoms with Crippen molar-refractivity contribution in [2.45, 2.75) is 135 Å². The van der Waals surface area contributed by atoms with E-state index in [2.05, 4.69) is 15.8 Å². The molecule has 6 atom stereocenters. The number of carbonyl (C=O) groups excluding carboxylic acids is 5. The summed E-state index contributed by atoms with van der Waals surface area (Å²) < 4.78 is 0. The number of ketones is 2. The minimum absolute atomic E-state index is 0.0705. The average Bonchev–Trinajstić information content (AvgIpc) is 4.00. The van der Waals surface area contributed by atoms with Gasteiger partial charge in [-0.3, -0.25) is 24.0 Å². The molecule has 3 saturated carbocycles. The second-order valence-corrected chi connectivity index (χ2v) is 17.1. The van der Waals surface area contributed by atoms with Gasteiger partial charge in [-0.15, -0.1) is 0 Å². The molecule has 6 rings (SSSR count). The number of nitrogens with zero attached hydrogens (tertiary/aromatic N) is 2. The number of hydrogen-bond acceptors (Lipinski definition) is 7. The fourth-order valence-corrected chi connectivity index (χ4v) is 8.51. The Bertz CT molecular complexity index is 1530. The normalized spacial score (nSPS) is 27.7. The smallest absolute Gasteiger partial charge is 0.246 e. The number of halogens is 1. The van der Waals surface area contributed by atoms with Gasteiger partial charge in [-0.2, -0.15) is 0 Å². The van der Waals surface area contributed by atoms with Crippen LogP contribution in [0.2, 0.25) is 5.02 Å². The van der Waals surface area contributed by atoms with Crippen molar-refractivity contribution in [2.24, 2.45) is 34.2 Å². The second-order valence-electron chi connectivity index (χ2n) is 16.7. The zero-order chi connectivity index (χ0) is 35.8. The predicted molar refractivity (Wildman–Crippen MR) is 190 cm³/mol. The summed E-state index contributed by atoms with van der Waals surface area (Å²) >= 11 is 6.27. The molecule has 11 heteroatoms. The van der Waals surface area contributed by atoms with E-state index in [-0.39, 0.29) is 43.0 Å². The first-order chi connectivity index (χ1) is 23.8. The van der Waals surface area contributed by atoms with Crippen LogP contribution in [0.25, 0.3) is 0 Å². The van der Waals surface area contributed by atoms with Gasteiger partial charge in [-0.1, -0.05) is 95.1 Å². The molecule has 1 aromatic carbocycles. The van der Waals surface area contributed by atoms with Crippen LogP contribution in [0, 0.1) is 29.1 Å². The molecule has 1 spiro atoms. The first kappa shape index (κ1) is 36.5. The Balaban J connectivity index is 1.22. The van der Waals surface area contributed by atoms with Gasteiger partial charge >= 0.3 is 0 Å². The third kappa shape index (κ3) is 8.27. The Labute approximate surface area is 300 Å². The van der Waals surface area contributed by atoms with E-state index in [4.69, 9.17) is 16.4 Å². The number of oxime groups is 1. The summed E-state index contributed by atoms with van der Waals surface area (Å²) in [6.07, 6.45) is 10.3. The molecule has 10 nitrogen and oxygen atoms in total. The fourth-order valence-electron chi connectivity index (χ4n) is 8.32. The summed E-state index contributed by atoms with van der Waals surface area (Å²) in [5, 5.41) is 10.9. The SMILES string of the molecule is CCC[C@H](NC(=O)[C@@H]1C[C@]2(CC(c3cccc(Cl)c3)=NO2)CN1C(=O)[C@@H](NC(=O)[C@@H]1C[C@H]1C1CCCCC1)C(C)(C)C)C(=O)C(=O)CC1CC1. The van der Waals surface area contributed by atoms with Crippen LogP contribution < -0.4 is 10.6 Å². The van der Waals surface area contributed by atoms with Crippen molar-refractivity contribution in [3.8, 4) is 0 Å². The van der Waals surface area contributed by atoms with Crippen LogP contribution in [0.5, 0.6) is 0 Å². The lowest BCUT2D eigenvalue weighted by Gasteiger charge is -2.36. The van der Waals surface area contributed by atoms with E-state index in [1.807, 2.05) is 39.8 Å². The van der Waals surface area contributed by atoms with Crippen LogP contribution in [0.1, 0.15) is 117 Å². The van der Waals surface area contributed by atoms with E-state index in [1.165, 1.54) is 24.2 Å². The Morgan fingerprint density at radius 3 is 2.44 bits per heavy atom. The fraction of sp³-hybridized carbons (Fsp3) is 0.692. The molecule has 1 aromatic rings. The summed E-state index contributed by atoms with van der Waals surface area (Å²) in [5.41, 5.74) is -0.196. The Morgan fingerprint density at radius 2 is 1.78 bits per heavy atom. The summed E-state index contributed by atoms with van der Waals surface area (Å²) in [4.78, 5) is 76.3. The first-order valence-electron chi connectivity index (χ1n) is 18.8. The summed E-state index contributed by atoms with van der Waals surface area (Å²) in [5.74, 6) is -0.946. The molecule has 50 heavy (non-hydrogen) atoms. The summed E-state index contributed by atoms with van der Waals surface area (Å²) in [7, 11) is 0. The third-order valence-corrected chi connectivity index (χ3v) is 11.7. The zero-order valence-corrected chi connectivity index (χ0v) is 30.7. The maximum absolute atomic E-state index is 14.7. The molecule has 5 aliphatic rings. The number of carbonyl (C=O) groups is 5. The highest BCUT2D eigenvalue weighted by molar-refractivity contribution is 6.39. The van der Waals surface area contributed by atoms with Crippen LogP contribution in [-0.2, 0) is 28.8 Å². The van der Waals surface area contributed by atoms with Gasteiger partial charge in [-0.05, 0) is 61.0 Å². The monoisotopic (exact) mass is 708 g/mol. The predicted octanol–water partition coefficient (Wildman–Crippen LogP) is 5.77. The molecule has 3 aliphatic carbocycles. The van der Waals surface area contributed by atoms with Crippen LogP contribution >= 0.6 is 11.6 Å². The van der Waals surface area contributed by atoms with Gasteiger partial charge < -0.3 is 20.4 Å². The van der Waals surface area contributed by atoms with Gasteiger partial charge in [-0.25, -0.2) is 0 Å². The van der Waals surface area contributed by atoms with E-state index in [0.29, 0.717) is 41.8 Å². The number of rotatable bonds is 13. The van der Waals surface area contributed by atoms with Crippen molar-refractivity contribution in [3.63, 3.8) is 0 Å². The van der Waals surface area contributed by atoms with Crippen molar-refractivity contribution in [1.82, 2.24) is 15.5 Å². The molecule has 0 aromatic heterocycles. The van der Waals surface area contributed by atoms with Gasteiger partial charge in [0, 0.05) is 35.8 Å². The largest absolute Gasteiger partial charge is 0.387 e. The minimum Gasteiger partial charge on any atom is -0.387 e. The van der Waals surface area contributed by atoms with Crippen molar-refractivity contribution in [1.29, 1.82) is 0 Å². The maximum Gasteiger partial charge on any atom is 0.246 e. The van der Waals surface area contributed by atoms with E-state index in [0.717, 1.165) is 37.7 Å². The lowest BCUT2D eigenvalue weighted by atomic mass is 9.84. The van der Waals surface area contributed by atoms with Gasteiger partial charge in [0.2, 0.25) is 29.3 Å². The van der Waals surface area contributed by atoms with Gasteiger partial charge in [0.25, 0.3) is 0 Å². The highest BCUT2D eigenvalue weighted by Crippen LogP contribution is 2.50. The molecule has 0 bridgehead atoms. The summed E-state index contributed by atoms with van der Waals surface area (Å²) in [6, 6.07) is 4.43. The average molecular weight is 709 g/mol. The van der Waals surface area contributed by atoms with Gasteiger partial charge in [0.05, 0.1) is 18.3 Å². The van der Waals surface area contributed by atoms with Crippen molar-refractivity contribution in [3.05, 3.63) is 34.9 Å². The molecule has 2 aliphatic heterocycles. The highest BCUT2D eigenvalue weighted by atomic mass is 35.5. The molecule has 4 fully saturated rings. The van der Waals surface area contributed by atoms with E-state index in [9.17, 15) is 24.0 Å². The minimum atomic E-state index is -1.00. The van der Waals surface area contributed by atoms with Crippen LogP contribution in [0.3, 0.4) is 0 Å². The molecule has 2 N–H and O–H groups in total.